The molecule has 2 rings (SSSR count). The van der Waals surface area contributed by atoms with Gasteiger partial charge in [0.1, 0.15) is 0 Å². The van der Waals surface area contributed by atoms with Crippen molar-refractivity contribution in [2.45, 2.75) is 12.5 Å². The molecule has 0 aromatic carbocycles. The van der Waals surface area contributed by atoms with E-state index in [0.29, 0.717) is 0 Å². The first-order chi connectivity index (χ1) is 6.48. The molecule has 0 radical (unpaired) electrons. The van der Waals surface area contributed by atoms with Gasteiger partial charge in [0.2, 0.25) is 5.91 Å². The average molecular weight is 215 g/mol. The summed E-state index contributed by atoms with van der Waals surface area (Å²) in [5.74, 6) is -0.513. The van der Waals surface area contributed by atoms with E-state index in [-0.39, 0.29) is 30.4 Å². The largest absolute Gasteiger partial charge is 0.327 e. The van der Waals surface area contributed by atoms with Crippen molar-refractivity contribution in [3.8, 4) is 0 Å². The Morgan fingerprint density at radius 2 is 2.07 bits per heavy atom. The van der Waals surface area contributed by atoms with Crippen molar-refractivity contribution in [2.24, 2.45) is 0 Å². The minimum absolute atomic E-state index is 0.0450. The summed E-state index contributed by atoms with van der Waals surface area (Å²) in [6.07, 6.45) is 1.37. The van der Waals surface area contributed by atoms with E-state index in [2.05, 4.69) is 0 Å². The molecule has 0 bridgehead atoms. The SMILES string of the molecule is O=C1CC(=O)N(C2C=CS(=O)(=O)C2)C1. The van der Waals surface area contributed by atoms with Crippen LogP contribution in [0.1, 0.15) is 6.42 Å². The van der Waals surface area contributed by atoms with Gasteiger partial charge in [-0.15, -0.1) is 0 Å². The van der Waals surface area contributed by atoms with Crippen molar-refractivity contribution in [1.29, 1.82) is 0 Å². The predicted octanol–water partition coefficient (Wildman–Crippen LogP) is -0.901. The number of nitrogens with zero attached hydrogens (tertiary/aromatic N) is 1. The van der Waals surface area contributed by atoms with Gasteiger partial charge in [0.25, 0.3) is 0 Å². The molecular formula is C8H9NO4S. The summed E-state index contributed by atoms with van der Waals surface area (Å²) in [6, 6.07) is -0.445. The summed E-state index contributed by atoms with van der Waals surface area (Å²) in [5, 5.41) is 1.10. The highest BCUT2D eigenvalue weighted by Crippen LogP contribution is 2.18. The van der Waals surface area contributed by atoms with Crippen LogP contribution in [0.3, 0.4) is 0 Å². The molecule has 76 valence electrons. The molecular weight excluding hydrogens is 206 g/mol. The van der Waals surface area contributed by atoms with E-state index >= 15 is 0 Å². The molecule has 5 nitrogen and oxygen atoms in total. The number of carbonyl (C=O) groups excluding carboxylic acids is 2. The molecule has 0 saturated carbocycles. The molecule has 6 heteroatoms. The van der Waals surface area contributed by atoms with Crippen LogP contribution in [-0.4, -0.2) is 43.3 Å². The van der Waals surface area contributed by atoms with Crippen LogP contribution in [0.2, 0.25) is 0 Å². The number of carbonyl (C=O) groups is 2. The van der Waals surface area contributed by atoms with Gasteiger partial charge in [-0.05, 0) is 6.08 Å². The number of hydrogen-bond donors (Lipinski definition) is 0. The quantitative estimate of drug-likeness (QED) is 0.531. The van der Waals surface area contributed by atoms with Gasteiger partial charge >= 0.3 is 0 Å². The van der Waals surface area contributed by atoms with Crippen LogP contribution in [-0.2, 0) is 19.4 Å². The lowest BCUT2D eigenvalue weighted by Gasteiger charge is -2.19. The van der Waals surface area contributed by atoms with Crippen LogP contribution < -0.4 is 0 Å². The molecule has 0 aromatic heterocycles. The van der Waals surface area contributed by atoms with Gasteiger partial charge in [0.05, 0.1) is 24.8 Å². The third-order valence-electron chi connectivity index (χ3n) is 2.33. The fraction of sp³-hybridized carbons (Fsp3) is 0.500. The van der Waals surface area contributed by atoms with Gasteiger partial charge in [-0.2, -0.15) is 0 Å². The summed E-state index contributed by atoms with van der Waals surface area (Å²) >= 11 is 0. The lowest BCUT2D eigenvalue weighted by molar-refractivity contribution is -0.128. The summed E-state index contributed by atoms with van der Waals surface area (Å²) < 4.78 is 22.2. The van der Waals surface area contributed by atoms with Crippen LogP contribution in [0.4, 0.5) is 0 Å². The lowest BCUT2D eigenvalue weighted by atomic mass is 10.3. The highest BCUT2D eigenvalue weighted by atomic mass is 32.2. The van der Waals surface area contributed by atoms with Crippen molar-refractivity contribution < 1.29 is 18.0 Å². The average Bonchev–Trinajstić information content (AvgIpc) is 2.55. The van der Waals surface area contributed by atoms with Gasteiger partial charge in [0.15, 0.2) is 15.6 Å². The Labute approximate surface area is 81.3 Å². The van der Waals surface area contributed by atoms with E-state index in [9.17, 15) is 18.0 Å². The van der Waals surface area contributed by atoms with E-state index in [0.717, 1.165) is 5.41 Å². The number of rotatable bonds is 1. The Balaban J connectivity index is 2.16. The fourth-order valence-electron chi connectivity index (χ4n) is 1.66. The second-order valence-corrected chi connectivity index (χ2v) is 5.39. The smallest absolute Gasteiger partial charge is 0.231 e. The monoisotopic (exact) mass is 215 g/mol. The van der Waals surface area contributed by atoms with Gasteiger partial charge in [0, 0.05) is 5.41 Å². The molecule has 0 aliphatic carbocycles. The minimum atomic E-state index is -3.16. The summed E-state index contributed by atoms with van der Waals surface area (Å²) in [5.41, 5.74) is 0. The molecule has 1 unspecified atom stereocenters. The second kappa shape index (κ2) is 2.91. The maximum atomic E-state index is 11.3. The molecule has 1 amide bonds. The molecule has 1 fully saturated rings. The normalized spacial score (nSPS) is 30.3. The van der Waals surface area contributed by atoms with E-state index < -0.39 is 15.9 Å². The third kappa shape index (κ3) is 1.57. The zero-order valence-electron chi connectivity index (χ0n) is 7.34. The minimum Gasteiger partial charge on any atom is -0.327 e. The predicted molar refractivity (Wildman–Crippen MR) is 48.1 cm³/mol. The maximum absolute atomic E-state index is 11.3. The maximum Gasteiger partial charge on any atom is 0.231 e. The molecule has 0 spiro atoms. The van der Waals surface area contributed by atoms with Crippen LogP contribution in [0.15, 0.2) is 11.5 Å². The molecule has 2 aliphatic rings. The summed E-state index contributed by atoms with van der Waals surface area (Å²) in [4.78, 5) is 23.5. The molecule has 0 N–H and O–H groups in total. The van der Waals surface area contributed by atoms with E-state index in [1.807, 2.05) is 0 Å². The Morgan fingerprint density at radius 3 is 2.50 bits per heavy atom. The Bertz CT molecular complexity index is 423. The topological polar surface area (TPSA) is 71.5 Å². The number of amides is 1. The first kappa shape index (κ1) is 9.39. The van der Waals surface area contributed by atoms with Crippen molar-refractivity contribution in [2.75, 3.05) is 12.3 Å². The first-order valence-electron chi connectivity index (χ1n) is 4.20. The standard InChI is InChI=1S/C8H9NO4S/c10-7-3-8(11)9(4-7)6-1-2-14(12,13)5-6/h1-2,6H,3-5H2. The van der Waals surface area contributed by atoms with Gasteiger partial charge in [-0.3, -0.25) is 9.59 Å². The van der Waals surface area contributed by atoms with Crippen molar-refractivity contribution in [3.63, 3.8) is 0 Å². The van der Waals surface area contributed by atoms with Crippen molar-refractivity contribution in [1.82, 2.24) is 4.90 Å². The highest BCUT2D eigenvalue weighted by molar-refractivity contribution is 7.94. The number of likely N-dealkylation sites (tertiary alicyclic amines) is 1. The second-order valence-electron chi connectivity index (χ2n) is 3.46. The third-order valence-corrected chi connectivity index (χ3v) is 3.70. The van der Waals surface area contributed by atoms with Crippen LogP contribution in [0.25, 0.3) is 0 Å². The molecule has 2 aliphatic heterocycles. The number of ketones is 1. The first-order valence-corrected chi connectivity index (χ1v) is 5.91. The van der Waals surface area contributed by atoms with E-state index in [1.54, 1.807) is 0 Å². The summed E-state index contributed by atoms with van der Waals surface area (Å²) in [7, 11) is -3.16. The zero-order chi connectivity index (χ0) is 10.3. The number of Topliss-reactive ketones (excluding diaryl/α,β-unsaturated/α-hetero) is 1. The van der Waals surface area contributed by atoms with Crippen molar-refractivity contribution >= 4 is 21.5 Å². The lowest BCUT2D eigenvalue weighted by Crippen LogP contribution is -2.37. The number of hydrogen-bond acceptors (Lipinski definition) is 4. The number of sulfone groups is 1. The van der Waals surface area contributed by atoms with Crippen molar-refractivity contribution in [3.05, 3.63) is 11.5 Å². The summed E-state index contributed by atoms with van der Waals surface area (Å²) in [6.45, 7) is 0.0450. The van der Waals surface area contributed by atoms with Gasteiger partial charge < -0.3 is 4.90 Å². The van der Waals surface area contributed by atoms with Crippen LogP contribution >= 0.6 is 0 Å². The Kier molecular flexibility index (Phi) is 1.95. The fourth-order valence-corrected chi connectivity index (χ4v) is 2.96. The molecule has 1 atom stereocenters. The Morgan fingerprint density at radius 1 is 1.36 bits per heavy atom. The molecule has 14 heavy (non-hydrogen) atoms. The Hall–Kier alpha value is -1.17. The van der Waals surface area contributed by atoms with Gasteiger partial charge in [-0.1, -0.05) is 0 Å². The van der Waals surface area contributed by atoms with Gasteiger partial charge in [-0.25, -0.2) is 8.42 Å². The molecule has 1 saturated heterocycles. The highest BCUT2D eigenvalue weighted by Gasteiger charge is 2.36. The molecule has 0 aromatic rings. The van der Waals surface area contributed by atoms with Crippen LogP contribution in [0.5, 0.6) is 0 Å². The van der Waals surface area contributed by atoms with E-state index in [1.165, 1.54) is 11.0 Å². The molecule has 2 heterocycles. The van der Waals surface area contributed by atoms with E-state index in [4.69, 9.17) is 0 Å². The zero-order valence-corrected chi connectivity index (χ0v) is 8.16. The van der Waals surface area contributed by atoms with Crippen LogP contribution in [0, 0.1) is 0 Å².